The lowest BCUT2D eigenvalue weighted by atomic mass is 10.1. The van der Waals surface area contributed by atoms with Gasteiger partial charge >= 0.3 is 6.18 Å². The lowest BCUT2D eigenvalue weighted by Crippen LogP contribution is -2.31. The van der Waals surface area contributed by atoms with E-state index in [0.717, 1.165) is 17.7 Å². The number of halogens is 3. The molecule has 0 aliphatic heterocycles. The third-order valence-corrected chi connectivity index (χ3v) is 4.54. The molecule has 3 rings (SSSR count). The first-order chi connectivity index (χ1) is 14.3. The zero-order valence-electron chi connectivity index (χ0n) is 15.9. The van der Waals surface area contributed by atoms with Crippen LogP contribution >= 0.6 is 0 Å². The SMILES string of the molecule is C=CC(=O)N(CCc1cccc(O)c1)c1ccc(-c2ccc(C(F)(F)F)cc2)nc1. The third kappa shape index (κ3) is 5.05. The van der Waals surface area contributed by atoms with Gasteiger partial charge in [-0.15, -0.1) is 0 Å². The molecular formula is C23H19F3N2O2. The average molecular weight is 412 g/mol. The Kier molecular flexibility index (Phi) is 6.20. The first-order valence-electron chi connectivity index (χ1n) is 9.13. The van der Waals surface area contributed by atoms with Crippen molar-refractivity contribution < 1.29 is 23.1 Å². The maximum absolute atomic E-state index is 12.7. The number of phenolic OH excluding ortho intramolecular Hbond substituents is 1. The quantitative estimate of drug-likeness (QED) is 0.564. The second-order valence-corrected chi connectivity index (χ2v) is 6.59. The number of amides is 1. The van der Waals surface area contributed by atoms with E-state index in [1.165, 1.54) is 29.3 Å². The second-order valence-electron chi connectivity index (χ2n) is 6.59. The van der Waals surface area contributed by atoms with Gasteiger partial charge in [0.15, 0.2) is 0 Å². The summed E-state index contributed by atoms with van der Waals surface area (Å²) >= 11 is 0. The molecule has 0 aliphatic carbocycles. The van der Waals surface area contributed by atoms with E-state index in [-0.39, 0.29) is 11.7 Å². The van der Waals surface area contributed by atoms with Crippen molar-refractivity contribution in [3.63, 3.8) is 0 Å². The summed E-state index contributed by atoms with van der Waals surface area (Å²) < 4.78 is 38.1. The number of benzene rings is 2. The molecule has 3 aromatic rings. The highest BCUT2D eigenvalue weighted by Gasteiger charge is 2.30. The van der Waals surface area contributed by atoms with Crippen LogP contribution in [0.4, 0.5) is 18.9 Å². The number of hydrogen-bond donors (Lipinski definition) is 1. The summed E-state index contributed by atoms with van der Waals surface area (Å²) in [4.78, 5) is 18.1. The van der Waals surface area contributed by atoms with Crippen molar-refractivity contribution in [3.05, 3.63) is 90.6 Å². The Labute approximate surface area is 171 Å². The number of phenols is 1. The van der Waals surface area contributed by atoms with Gasteiger partial charge in [-0.05, 0) is 54.5 Å². The van der Waals surface area contributed by atoms with Gasteiger partial charge < -0.3 is 10.0 Å². The Bertz CT molecular complexity index is 1030. The van der Waals surface area contributed by atoms with Crippen LogP contribution in [-0.4, -0.2) is 22.5 Å². The number of carbonyl (C=O) groups excluding carboxylic acids is 1. The molecule has 4 nitrogen and oxygen atoms in total. The second kappa shape index (κ2) is 8.82. The number of rotatable bonds is 6. The summed E-state index contributed by atoms with van der Waals surface area (Å²) in [5, 5.41) is 9.58. The fraction of sp³-hybridized carbons (Fsp3) is 0.130. The molecule has 30 heavy (non-hydrogen) atoms. The molecule has 0 radical (unpaired) electrons. The molecule has 7 heteroatoms. The van der Waals surface area contributed by atoms with Crippen molar-refractivity contribution in [2.75, 3.05) is 11.4 Å². The highest BCUT2D eigenvalue weighted by Crippen LogP contribution is 2.31. The molecule has 154 valence electrons. The molecule has 0 saturated carbocycles. The van der Waals surface area contributed by atoms with Gasteiger partial charge in [-0.2, -0.15) is 13.2 Å². The van der Waals surface area contributed by atoms with Crippen LogP contribution in [0, 0.1) is 0 Å². The van der Waals surface area contributed by atoms with Crippen LogP contribution in [0.3, 0.4) is 0 Å². The molecule has 1 amide bonds. The summed E-state index contributed by atoms with van der Waals surface area (Å²) in [7, 11) is 0. The van der Waals surface area contributed by atoms with E-state index in [1.54, 1.807) is 30.3 Å². The van der Waals surface area contributed by atoms with Gasteiger partial charge in [-0.25, -0.2) is 0 Å². The van der Waals surface area contributed by atoms with E-state index in [4.69, 9.17) is 0 Å². The molecule has 0 fully saturated rings. The summed E-state index contributed by atoms with van der Waals surface area (Å²) in [6, 6.07) is 14.8. The minimum absolute atomic E-state index is 0.150. The van der Waals surface area contributed by atoms with Gasteiger partial charge in [-0.1, -0.05) is 30.8 Å². The number of aromatic hydroxyl groups is 1. The van der Waals surface area contributed by atoms with Gasteiger partial charge in [0.05, 0.1) is 23.1 Å². The third-order valence-electron chi connectivity index (χ3n) is 4.54. The summed E-state index contributed by atoms with van der Waals surface area (Å²) in [6.07, 6.45) is -1.19. The first-order valence-corrected chi connectivity index (χ1v) is 9.13. The van der Waals surface area contributed by atoms with Crippen molar-refractivity contribution in [1.82, 2.24) is 4.98 Å². The van der Waals surface area contributed by atoms with Crippen LogP contribution in [0.5, 0.6) is 5.75 Å². The van der Waals surface area contributed by atoms with Crippen LogP contribution in [0.2, 0.25) is 0 Å². The average Bonchev–Trinajstić information content (AvgIpc) is 2.73. The predicted octanol–water partition coefficient (Wildman–Crippen LogP) is 5.23. The van der Waals surface area contributed by atoms with E-state index in [1.807, 2.05) is 6.07 Å². The van der Waals surface area contributed by atoms with Crippen LogP contribution in [0.1, 0.15) is 11.1 Å². The maximum Gasteiger partial charge on any atom is 0.416 e. The number of alkyl halides is 3. The van der Waals surface area contributed by atoms with Crippen LogP contribution in [-0.2, 0) is 17.4 Å². The minimum Gasteiger partial charge on any atom is -0.508 e. The fourth-order valence-electron chi connectivity index (χ4n) is 2.98. The van der Waals surface area contributed by atoms with E-state index in [2.05, 4.69) is 11.6 Å². The number of nitrogens with zero attached hydrogens (tertiary/aromatic N) is 2. The number of hydrogen-bond acceptors (Lipinski definition) is 3. The predicted molar refractivity (Wildman–Crippen MR) is 109 cm³/mol. The molecule has 1 aromatic heterocycles. The Balaban J connectivity index is 1.78. The van der Waals surface area contributed by atoms with Gasteiger partial charge in [0.2, 0.25) is 5.91 Å². The Morgan fingerprint density at radius 1 is 1.10 bits per heavy atom. The normalized spacial score (nSPS) is 11.2. The molecular weight excluding hydrogens is 393 g/mol. The van der Waals surface area contributed by atoms with Crippen LogP contribution in [0.15, 0.2) is 79.5 Å². The summed E-state index contributed by atoms with van der Waals surface area (Å²) in [5.41, 5.74) is 1.71. The smallest absolute Gasteiger partial charge is 0.416 e. The Hall–Kier alpha value is -3.61. The zero-order chi connectivity index (χ0) is 21.7. The van der Waals surface area contributed by atoms with Crippen molar-refractivity contribution in [2.45, 2.75) is 12.6 Å². The standard InChI is InChI=1S/C23H19F3N2O2/c1-2-22(30)28(13-12-16-4-3-5-20(29)14-16)19-10-11-21(27-15-19)17-6-8-18(9-7-17)23(24,25)26/h2-11,14-15,29H,1,12-13H2. The molecule has 1 N–H and O–H groups in total. The van der Waals surface area contributed by atoms with Crippen molar-refractivity contribution in [1.29, 1.82) is 0 Å². The number of aromatic nitrogens is 1. The van der Waals surface area contributed by atoms with Gasteiger partial charge in [0.25, 0.3) is 0 Å². The highest BCUT2D eigenvalue weighted by atomic mass is 19.4. The van der Waals surface area contributed by atoms with E-state index >= 15 is 0 Å². The van der Waals surface area contributed by atoms with Gasteiger partial charge in [-0.3, -0.25) is 9.78 Å². The number of pyridine rings is 1. The lowest BCUT2D eigenvalue weighted by Gasteiger charge is -2.21. The van der Waals surface area contributed by atoms with E-state index in [0.29, 0.717) is 29.9 Å². The molecule has 0 aliphatic rings. The maximum atomic E-state index is 12.7. The molecule has 0 unspecified atom stereocenters. The summed E-state index contributed by atoms with van der Waals surface area (Å²) in [6.45, 7) is 3.87. The fourth-order valence-corrected chi connectivity index (χ4v) is 2.98. The molecule has 2 aromatic carbocycles. The molecule has 0 saturated heterocycles. The van der Waals surface area contributed by atoms with Gasteiger partial charge in [0, 0.05) is 12.1 Å². The molecule has 0 bridgehead atoms. The van der Waals surface area contributed by atoms with Crippen LogP contribution < -0.4 is 4.90 Å². The van der Waals surface area contributed by atoms with E-state index < -0.39 is 11.7 Å². The Morgan fingerprint density at radius 3 is 2.40 bits per heavy atom. The van der Waals surface area contributed by atoms with Crippen molar-refractivity contribution >= 4 is 11.6 Å². The molecule has 0 atom stereocenters. The molecule has 1 heterocycles. The van der Waals surface area contributed by atoms with Crippen molar-refractivity contribution in [2.24, 2.45) is 0 Å². The lowest BCUT2D eigenvalue weighted by molar-refractivity contribution is -0.137. The number of anilines is 1. The highest BCUT2D eigenvalue weighted by molar-refractivity contribution is 6.01. The van der Waals surface area contributed by atoms with E-state index in [9.17, 15) is 23.1 Å². The first kappa shape index (κ1) is 21.1. The minimum atomic E-state index is -4.39. The van der Waals surface area contributed by atoms with Gasteiger partial charge in [0.1, 0.15) is 5.75 Å². The monoisotopic (exact) mass is 412 g/mol. The van der Waals surface area contributed by atoms with Crippen molar-refractivity contribution in [3.8, 4) is 17.0 Å². The zero-order valence-corrected chi connectivity index (χ0v) is 15.9. The van der Waals surface area contributed by atoms with Crippen LogP contribution in [0.25, 0.3) is 11.3 Å². The topological polar surface area (TPSA) is 53.4 Å². The molecule has 0 spiro atoms. The Morgan fingerprint density at radius 2 is 1.83 bits per heavy atom. The largest absolute Gasteiger partial charge is 0.508 e. The summed E-state index contributed by atoms with van der Waals surface area (Å²) in [5.74, 6) is -0.157. The number of carbonyl (C=O) groups is 1.